The second-order valence-electron chi connectivity index (χ2n) is 7.51. The Labute approximate surface area is 162 Å². The molecule has 0 N–H and O–H groups in total. The monoisotopic (exact) mass is 366 g/mol. The lowest BCUT2D eigenvalue weighted by molar-refractivity contribution is 0.308. The minimum absolute atomic E-state index is 0.342. The summed E-state index contributed by atoms with van der Waals surface area (Å²) < 4.78 is 0. The van der Waals surface area contributed by atoms with E-state index in [2.05, 4.69) is 48.3 Å². The van der Waals surface area contributed by atoms with Gasteiger partial charge in [-0.15, -0.1) is 0 Å². The smallest absolute Gasteiger partial charge is 0.0850 e. The summed E-state index contributed by atoms with van der Waals surface area (Å²) in [5.74, 6) is 0.503. The predicted octanol–water partition coefficient (Wildman–Crippen LogP) is 5.47. The van der Waals surface area contributed by atoms with Crippen LogP contribution in [0.5, 0.6) is 0 Å². The largest absolute Gasteiger partial charge is 0.306 e. The molecule has 0 radical (unpaired) electrons. The molecule has 1 aliphatic carbocycles. The molecule has 0 spiro atoms. The number of nitrogens with zero attached hydrogens (tertiary/aromatic N) is 2. The Balaban J connectivity index is 1.55. The quantitative estimate of drug-likeness (QED) is 0.588. The van der Waals surface area contributed by atoms with Gasteiger partial charge in [0.25, 0.3) is 0 Å². The first-order valence-electron chi connectivity index (χ1n) is 9.54. The van der Waals surface area contributed by atoms with Crippen molar-refractivity contribution >= 4 is 11.6 Å². The third-order valence-corrected chi connectivity index (χ3v) is 5.82. The van der Waals surface area contributed by atoms with Crippen molar-refractivity contribution in [2.24, 2.45) is 5.92 Å². The third-order valence-electron chi connectivity index (χ3n) is 5.57. The second-order valence-corrected chi connectivity index (χ2v) is 7.94. The van der Waals surface area contributed by atoms with Crippen LogP contribution in [0.1, 0.15) is 36.8 Å². The number of rotatable bonds is 9. The maximum atomic E-state index is 10.0. The highest BCUT2D eigenvalue weighted by molar-refractivity contribution is 6.30. The average Bonchev–Trinajstić information content (AvgIpc) is 3.51. The van der Waals surface area contributed by atoms with Gasteiger partial charge in [0, 0.05) is 11.6 Å². The molecule has 0 saturated heterocycles. The minimum Gasteiger partial charge on any atom is -0.306 e. The van der Waals surface area contributed by atoms with Gasteiger partial charge in [-0.3, -0.25) is 0 Å². The summed E-state index contributed by atoms with van der Waals surface area (Å²) in [5.41, 5.74) is 2.17. The van der Waals surface area contributed by atoms with Crippen LogP contribution in [0, 0.1) is 17.2 Å². The fourth-order valence-electron chi connectivity index (χ4n) is 3.82. The van der Waals surface area contributed by atoms with Crippen LogP contribution in [0.4, 0.5) is 0 Å². The number of benzene rings is 2. The summed E-state index contributed by atoms with van der Waals surface area (Å²) in [5, 5.41) is 10.8. The summed E-state index contributed by atoms with van der Waals surface area (Å²) in [6, 6.07) is 21.2. The summed E-state index contributed by atoms with van der Waals surface area (Å²) in [7, 11) is 2.18. The van der Waals surface area contributed by atoms with Gasteiger partial charge in [-0.05, 0) is 74.9 Å². The summed E-state index contributed by atoms with van der Waals surface area (Å²) >= 11 is 6.04. The zero-order chi connectivity index (χ0) is 18.4. The van der Waals surface area contributed by atoms with Gasteiger partial charge in [-0.25, -0.2) is 0 Å². The Morgan fingerprint density at radius 1 is 1.08 bits per heavy atom. The van der Waals surface area contributed by atoms with Crippen LogP contribution in [-0.2, 0) is 11.8 Å². The molecule has 3 rings (SSSR count). The molecule has 1 atom stereocenters. The van der Waals surface area contributed by atoms with Crippen molar-refractivity contribution in [2.75, 3.05) is 20.1 Å². The number of likely N-dealkylation sites (N-methyl/N-ethyl adjacent to an activating group) is 1. The van der Waals surface area contributed by atoms with Crippen molar-refractivity contribution in [2.45, 2.75) is 37.5 Å². The lowest BCUT2D eigenvalue weighted by Crippen LogP contribution is -2.29. The van der Waals surface area contributed by atoms with Gasteiger partial charge in [0.2, 0.25) is 0 Å². The van der Waals surface area contributed by atoms with Crippen LogP contribution >= 0.6 is 11.6 Å². The van der Waals surface area contributed by atoms with Gasteiger partial charge in [-0.1, -0.05) is 54.1 Å². The molecule has 1 fully saturated rings. The van der Waals surface area contributed by atoms with Crippen molar-refractivity contribution < 1.29 is 0 Å². The molecule has 136 valence electrons. The maximum Gasteiger partial charge on any atom is 0.0850 e. The zero-order valence-electron chi connectivity index (χ0n) is 15.5. The van der Waals surface area contributed by atoms with Gasteiger partial charge >= 0.3 is 0 Å². The van der Waals surface area contributed by atoms with Crippen LogP contribution in [0.2, 0.25) is 5.02 Å². The van der Waals surface area contributed by atoms with Crippen molar-refractivity contribution in [3.63, 3.8) is 0 Å². The molecule has 0 heterocycles. The molecule has 1 unspecified atom stereocenters. The molecule has 3 heteroatoms. The summed E-state index contributed by atoms with van der Waals surface area (Å²) in [6.45, 7) is 2.07. The number of hydrogen-bond acceptors (Lipinski definition) is 2. The SMILES string of the molecule is CN(CCCC(C#N)(c1ccc(Cl)cc1)C1CC1)CCc1ccccc1. The Morgan fingerprint density at radius 2 is 1.77 bits per heavy atom. The van der Waals surface area contributed by atoms with E-state index < -0.39 is 0 Å². The van der Waals surface area contributed by atoms with Crippen LogP contribution in [0.15, 0.2) is 54.6 Å². The predicted molar refractivity (Wildman–Crippen MR) is 108 cm³/mol. The van der Waals surface area contributed by atoms with Crippen LogP contribution in [-0.4, -0.2) is 25.0 Å². The van der Waals surface area contributed by atoms with E-state index in [1.807, 2.05) is 24.3 Å². The van der Waals surface area contributed by atoms with E-state index in [4.69, 9.17) is 11.6 Å². The first kappa shape index (κ1) is 19.0. The second kappa shape index (κ2) is 8.71. The van der Waals surface area contributed by atoms with E-state index >= 15 is 0 Å². The van der Waals surface area contributed by atoms with Crippen molar-refractivity contribution in [3.8, 4) is 6.07 Å². The lowest BCUT2D eigenvalue weighted by atomic mass is 9.74. The lowest BCUT2D eigenvalue weighted by Gasteiger charge is -2.28. The fraction of sp³-hybridized carbons (Fsp3) is 0.435. The van der Waals surface area contributed by atoms with Gasteiger partial charge < -0.3 is 4.90 Å². The highest BCUT2D eigenvalue weighted by atomic mass is 35.5. The van der Waals surface area contributed by atoms with Crippen LogP contribution in [0.3, 0.4) is 0 Å². The molecule has 2 aromatic carbocycles. The Morgan fingerprint density at radius 3 is 2.38 bits per heavy atom. The van der Waals surface area contributed by atoms with Gasteiger partial charge in [0.05, 0.1) is 11.5 Å². The number of hydrogen-bond donors (Lipinski definition) is 0. The van der Waals surface area contributed by atoms with E-state index in [1.54, 1.807) is 0 Å². The average molecular weight is 367 g/mol. The van der Waals surface area contributed by atoms with E-state index in [0.717, 1.165) is 42.9 Å². The van der Waals surface area contributed by atoms with E-state index in [1.165, 1.54) is 18.4 Å². The van der Waals surface area contributed by atoms with Crippen molar-refractivity contribution in [1.82, 2.24) is 4.90 Å². The molecule has 0 aliphatic heterocycles. The molecule has 26 heavy (non-hydrogen) atoms. The van der Waals surface area contributed by atoms with Gasteiger partial charge in [0.1, 0.15) is 0 Å². The van der Waals surface area contributed by atoms with E-state index in [9.17, 15) is 5.26 Å². The normalized spacial score (nSPS) is 16.2. The van der Waals surface area contributed by atoms with Crippen molar-refractivity contribution in [1.29, 1.82) is 5.26 Å². The van der Waals surface area contributed by atoms with E-state index in [0.29, 0.717) is 5.92 Å². The van der Waals surface area contributed by atoms with Crippen molar-refractivity contribution in [3.05, 3.63) is 70.7 Å². The molecule has 1 saturated carbocycles. The first-order valence-corrected chi connectivity index (χ1v) is 9.91. The van der Waals surface area contributed by atoms with Gasteiger partial charge in [-0.2, -0.15) is 5.26 Å². The minimum atomic E-state index is -0.342. The Bertz CT molecular complexity index is 731. The Hall–Kier alpha value is -1.82. The maximum absolute atomic E-state index is 10.0. The summed E-state index contributed by atoms with van der Waals surface area (Å²) in [4.78, 5) is 2.38. The first-order chi connectivity index (χ1) is 12.6. The molecule has 0 amide bonds. The highest BCUT2D eigenvalue weighted by Gasteiger charge is 2.46. The summed E-state index contributed by atoms with van der Waals surface area (Å²) in [6.07, 6.45) is 5.37. The number of nitriles is 1. The van der Waals surface area contributed by atoms with E-state index in [-0.39, 0.29) is 5.41 Å². The topological polar surface area (TPSA) is 27.0 Å². The standard InChI is InChI=1S/C23H27ClN2/c1-26(17-14-19-6-3-2-4-7-19)16-5-15-23(18-25,20-8-9-20)21-10-12-22(24)13-11-21/h2-4,6-7,10-13,20H,5,8-9,14-17H2,1H3. The number of halogens is 1. The molecular weight excluding hydrogens is 340 g/mol. The fourth-order valence-corrected chi connectivity index (χ4v) is 3.95. The zero-order valence-corrected chi connectivity index (χ0v) is 16.3. The molecule has 1 aliphatic rings. The van der Waals surface area contributed by atoms with Crippen LogP contribution in [0.25, 0.3) is 0 Å². The molecule has 2 aromatic rings. The molecule has 2 nitrogen and oxygen atoms in total. The third kappa shape index (κ3) is 4.67. The molecular formula is C23H27ClN2. The van der Waals surface area contributed by atoms with Gasteiger partial charge in [0.15, 0.2) is 0 Å². The molecule has 0 bridgehead atoms. The highest BCUT2D eigenvalue weighted by Crippen LogP contribution is 2.50. The molecule has 0 aromatic heterocycles. The Kier molecular flexibility index (Phi) is 6.35. The van der Waals surface area contributed by atoms with Crippen LogP contribution < -0.4 is 0 Å².